The number of nitrogens with one attached hydrogen (secondary N) is 1. The van der Waals surface area contributed by atoms with Crippen molar-refractivity contribution in [1.82, 2.24) is 9.88 Å². The van der Waals surface area contributed by atoms with E-state index in [2.05, 4.69) is 12.2 Å². The molecule has 0 saturated heterocycles. The van der Waals surface area contributed by atoms with E-state index in [0.29, 0.717) is 36.9 Å². The minimum Gasteiger partial charge on any atom is -0.408 e. The van der Waals surface area contributed by atoms with Crippen LogP contribution in [0, 0.1) is 5.92 Å². The van der Waals surface area contributed by atoms with Crippen LogP contribution in [0.25, 0.3) is 11.1 Å². The standard InChI is InChI=1S/C20H28N2O3/c1-2-3-8-15-9-6-10-16(15)21-19(23)13-7-14-22-17-11-4-5-12-18(17)25-20(22)24/h4-5,11-12,15-16H,2-3,6-10,13-14H2,1H3,(H,21,23). The van der Waals surface area contributed by atoms with Crippen LogP contribution in [-0.2, 0) is 11.3 Å². The molecule has 1 saturated carbocycles. The molecule has 0 bridgehead atoms. The number of fused-ring (bicyclic) bond motifs is 1. The van der Waals surface area contributed by atoms with Crippen molar-refractivity contribution in [3.8, 4) is 0 Å². The molecule has 5 heteroatoms. The Labute approximate surface area is 148 Å². The third-order valence-electron chi connectivity index (χ3n) is 5.29. The van der Waals surface area contributed by atoms with Gasteiger partial charge >= 0.3 is 5.76 Å². The van der Waals surface area contributed by atoms with Gasteiger partial charge in [-0.15, -0.1) is 0 Å². The second-order valence-corrected chi connectivity index (χ2v) is 7.10. The lowest BCUT2D eigenvalue weighted by atomic mass is 9.96. The number of aromatic nitrogens is 1. The molecule has 1 fully saturated rings. The monoisotopic (exact) mass is 344 g/mol. The van der Waals surface area contributed by atoms with Gasteiger partial charge in [0.05, 0.1) is 5.52 Å². The molecule has 136 valence electrons. The zero-order valence-electron chi connectivity index (χ0n) is 15.0. The molecule has 1 heterocycles. The number of benzene rings is 1. The van der Waals surface area contributed by atoms with E-state index in [0.717, 1.165) is 11.9 Å². The molecule has 1 aromatic carbocycles. The van der Waals surface area contributed by atoms with Crippen LogP contribution < -0.4 is 11.1 Å². The normalized spacial score (nSPS) is 20.2. The molecule has 0 spiro atoms. The van der Waals surface area contributed by atoms with E-state index in [1.54, 1.807) is 10.6 Å². The van der Waals surface area contributed by atoms with Gasteiger partial charge in [0.25, 0.3) is 0 Å². The van der Waals surface area contributed by atoms with E-state index in [-0.39, 0.29) is 11.7 Å². The van der Waals surface area contributed by atoms with E-state index in [1.807, 2.05) is 18.2 Å². The molecular weight excluding hydrogens is 316 g/mol. The van der Waals surface area contributed by atoms with Gasteiger partial charge in [0.1, 0.15) is 0 Å². The summed E-state index contributed by atoms with van der Waals surface area (Å²) in [6, 6.07) is 7.74. The van der Waals surface area contributed by atoms with E-state index >= 15 is 0 Å². The minimum atomic E-state index is -0.350. The number of carbonyl (C=O) groups excluding carboxylic acids is 1. The maximum absolute atomic E-state index is 12.3. The zero-order valence-corrected chi connectivity index (χ0v) is 15.0. The molecule has 1 N–H and O–H groups in total. The van der Waals surface area contributed by atoms with Crippen LogP contribution in [0.2, 0.25) is 0 Å². The minimum absolute atomic E-state index is 0.106. The zero-order chi connectivity index (χ0) is 17.6. The number of nitrogens with zero attached hydrogens (tertiary/aromatic N) is 1. The van der Waals surface area contributed by atoms with Crippen LogP contribution in [0.5, 0.6) is 0 Å². The first-order valence-corrected chi connectivity index (χ1v) is 9.56. The fourth-order valence-electron chi connectivity index (χ4n) is 3.94. The van der Waals surface area contributed by atoms with Crippen LogP contribution in [-0.4, -0.2) is 16.5 Å². The van der Waals surface area contributed by atoms with Crippen LogP contribution in [0.3, 0.4) is 0 Å². The van der Waals surface area contributed by atoms with Crippen molar-refractivity contribution in [3.63, 3.8) is 0 Å². The molecule has 25 heavy (non-hydrogen) atoms. The summed E-state index contributed by atoms with van der Waals surface area (Å²) in [4.78, 5) is 24.2. The molecule has 1 amide bonds. The average molecular weight is 344 g/mol. The molecule has 2 atom stereocenters. The van der Waals surface area contributed by atoms with Crippen molar-refractivity contribution in [2.24, 2.45) is 5.92 Å². The summed E-state index contributed by atoms with van der Waals surface area (Å²) in [6.07, 6.45) is 8.32. The Bertz CT molecular complexity index is 762. The van der Waals surface area contributed by atoms with Gasteiger partial charge in [-0.25, -0.2) is 4.79 Å². The SMILES string of the molecule is CCCCC1CCCC1NC(=O)CCCn1c(=O)oc2ccccc21. The Kier molecular flexibility index (Phi) is 5.95. The van der Waals surface area contributed by atoms with Gasteiger partial charge in [0, 0.05) is 19.0 Å². The Morgan fingerprint density at radius 1 is 1.28 bits per heavy atom. The molecule has 5 nitrogen and oxygen atoms in total. The summed E-state index contributed by atoms with van der Waals surface area (Å²) >= 11 is 0. The van der Waals surface area contributed by atoms with Gasteiger partial charge in [-0.2, -0.15) is 0 Å². The lowest BCUT2D eigenvalue weighted by Crippen LogP contribution is -2.37. The summed E-state index contributed by atoms with van der Waals surface area (Å²) in [5.41, 5.74) is 1.39. The maximum atomic E-state index is 12.3. The largest absolute Gasteiger partial charge is 0.419 e. The first-order chi connectivity index (χ1) is 12.2. The summed E-state index contributed by atoms with van der Waals surface area (Å²) in [6.45, 7) is 2.72. The number of oxazole rings is 1. The fourth-order valence-corrected chi connectivity index (χ4v) is 3.94. The van der Waals surface area contributed by atoms with Gasteiger partial charge in [-0.1, -0.05) is 38.3 Å². The number of para-hydroxylation sites is 2. The van der Waals surface area contributed by atoms with E-state index < -0.39 is 0 Å². The average Bonchev–Trinajstić information content (AvgIpc) is 3.17. The quantitative estimate of drug-likeness (QED) is 0.791. The van der Waals surface area contributed by atoms with Gasteiger partial charge in [0.15, 0.2) is 5.58 Å². The lowest BCUT2D eigenvalue weighted by molar-refractivity contribution is -0.122. The van der Waals surface area contributed by atoms with Crippen LogP contribution >= 0.6 is 0 Å². The van der Waals surface area contributed by atoms with Gasteiger partial charge in [0.2, 0.25) is 5.91 Å². The topological polar surface area (TPSA) is 64.2 Å². The second-order valence-electron chi connectivity index (χ2n) is 7.10. The first kappa shape index (κ1) is 17.8. The van der Waals surface area contributed by atoms with Gasteiger partial charge in [-0.05, 0) is 43.7 Å². The number of aryl methyl sites for hydroxylation is 1. The number of hydrogen-bond acceptors (Lipinski definition) is 3. The van der Waals surface area contributed by atoms with Crippen LogP contribution in [0.4, 0.5) is 0 Å². The van der Waals surface area contributed by atoms with Crippen molar-refractivity contribution in [2.75, 3.05) is 0 Å². The Hall–Kier alpha value is -2.04. The van der Waals surface area contributed by atoms with Gasteiger partial charge < -0.3 is 9.73 Å². The Balaban J connectivity index is 1.49. The molecule has 0 aliphatic heterocycles. The number of amides is 1. The van der Waals surface area contributed by atoms with Crippen LogP contribution in [0.15, 0.2) is 33.5 Å². The number of rotatable bonds is 8. The third kappa shape index (κ3) is 4.33. The summed E-state index contributed by atoms with van der Waals surface area (Å²) < 4.78 is 6.84. The molecule has 2 unspecified atom stereocenters. The Morgan fingerprint density at radius 2 is 2.12 bits per heavy atom. The third-order valence-corrected chi connectivity index (χ3v) is 5.29. The summed E-state index contributed by atoms with van der Waals surface area (Å²) in [5.74, 6) is 0.399. The molecular formula is C20H28N2O3. The number of carbonyl (C=O) groups is 1. The number of unbranched alkanes of at least 4 members (excludes halogenated alkanes) is 1. The highest BCUT2D eigenvalue weighted by Gasteiger charge is 2.27. The summed E-state index contributed by atoms with van der Waals surface area (Å²) in [5, 5.41) is 3.22. The highest BCUT2D eigenvalue weighted by molar-refractivity contribution is 5.76. The molecule has 0 radical (unpaired) electrons. The highest BCUT2D eigenvalue weighted by Crippen LogP contribution is 2.29. The molecule has 1 aromatic heterocycles. The van der Waals surface area contributed by atoms with E-state index in [1.165, 1.54) is 32.1 Å². The van der Waals surface area contributed by atoms with Crippen molar-refractivity contribution in [3.05, 3.63) is 34.8 Å². The summed E-state index contributed by atoms with van der Waals surface area (Å²) in [7, 11) is 0. The molecule has 1 aliphatic carbocycles. The van der Waals surface area contributed by atoms with Crippen LogP contribution in [0.1, 0.15) is 58.3 Å². The van der Waals surface area contributed by atoms with E-state index in [4.69, 9.17) is 4.42 Å². The smallest absolute Gasteiger partial charge is 0.408 e. The van der Waals surface area contributed by atoms with E-state index in [9.17, 15) is 9.59 Å². The lowest BCUT2D eigenvalue weighted by Gasteiger charge is -2.20. The maximum Gasteiger partial charge on any atom is 0.419 e. The Morgan fingerprint density at radius 3 is 2.96 bits per heavy atom. The van der Waals surface area contributed by atoms with Gasteiger partial charge in [-0.3, -0.25) is 9.36 Å². The predicted octanol–water partition coefficient (Wildman–Crippen LogP) is 3.85. The molecule has 2 aromatic rings. The highest BCUT2D eigenvalue weighted by atomic mass is 16.4. The molecule has 3 rings (SSSR count). The fraction of sp³-hybridized carbons (Fsp3) is 0.600. The first-order valence-electron chi connectivity index (χ1n) is 9.56. The van der Waals surface area contributed by atoms with Crippen molar-refractivity contribution < 1.29 is 9.21 Å². The molecule has 1 aliphatic rings. The van der Waals surface area contributed by atoms with Crippen molar-refractivity contribution in [1.29, 1.82) is 0 Å². The predicted molar refractivity (Wildman–Crippen MR) is 98.5 cm³/mol. The number of hydrogen-bond donors (Lipinski definition) is 1. The van der Waals surface area contributed by atoms with Crippen molar-refractivity contribution >= 4 is 17.0 Å². The second kappa shape index (κ2) is 8.37. The van der Waals surface area contributed by atoms with Crippen molar-refractivity contribution in [2.45, 2.75) is 70.9 Å².